The summed E-state index contributed by atoms with van der Waals surface area (Å²) in [6, 6.07) is 6.84. The highest BCUT2D eigenvalue weighted by molar-refractivity contribution is 6.36. The van der Waals surface area contributed by atoms with Gasteiger partial charge in [0.1, 0.15) is 11.3 Å². The molecule has 0 saturated carbocycles. The van der Waals surface area contributed by atoms with Gasteiger partial charge in [0.2, 0.25) is 0 Å². The number of benzene rings is 1. The van der Waals surface area contributed by atoms with Gasteiger partial charge >= 0.3 is 0 Å². The van der Waals surface area contributed by atoms with Crippen LogP contribution in [-0.2, 0) is 7.05 Å². The molecule has 4 nitrogen and oxygen atoms in total. The number of aryl methyl sites for hydroxylation is 2. The number of nitrogens with zero attached hydrogens (tertiary/aromatic N) is 3. The number of pyridine rings is 1. The first-order chi connectivity index (χ1) is 9.47. The molecule has 2 heterocycles. The molecule has 0 spiro atoms. The highest BCUT2D eigenvalue weighted by Crippen LogP contribution is 2.36. The lowest BCUT2D eigenvalue weighted by molar-refractivity contribution is 0.478. The second-order valence-electron chi connectivity index (χ2n) is 4.58. The van der Waals surface area contributed by atoms with E-state index in [9.17, 15) is 5.11 Å². The van der Waals surface area contributed by atoms with Crippen LogP contribution in [0.2, 0.25) is 10.0 Å². The van der Waals surface area contributed by atoms with Crippen molar-refractivity contribution in [2.24, 2.45) is 7.05 Å². The Balaban J connectivity index is 2.38. The quantitative estimate of drug-likeness (QED) is 0.740. The van der Waals surface area contributed by atoms with Crippen LogP contribution in [-0.4, -0.2) is 19.9 Å². The Morgan fingerprint density at radius 2 is 1.90 bits per heavy atom. The van der Waals surface area contributed by atoms with Crippen LogP contribution in [0.5, 0.6) is 5.75 Å². The summed E-state index contributed by atoms with van der Waals surface area (Å²) in [7, 11) is 1.79. The molecule has 0 radical (unpaired) electrons. The van der Waals surface area contributed by atoms with E-state index in [4.69, 9.17) is 23.2 Å². The Kier molecular flexibility index (Phi) is 3.07. The number of aromatic hydroxyl groups is 1. The summed E-state index contributed by atoms with van der Waals surface area (Å²) < 4.78 is 1.66. The van der Waals surface area contributed by atoms with Gasteiger partial charge in [-0.1, -0.05) is 23.2 Å². The van der Waals surface area contributed by atoms with Gasteiger partial charge in [-0.05, 0) is 25.1 Å². The summed E-state index contributed by atoms with van der Waals surface area (Å²) >= 11 is 12.2. The third-order valence-corrected chi connectivity index (χ3v) is 3.63. The zero-order valence-corrected chi connectivity index (χ0v) is 12.4. The minimum Gasteiger partial charge on any atom is -0.505 e. The van der Waals surface area contributed by atoms with Gasteiger partial charge in [0.15, 0.2) is 5.52 Å². The highest BCUT2D eigenvalue weighted by atomic mass is 35.5. The van der Waals surface area contributed by atoms with E-state index in [1.807, 2.05) is 13.0 Å². The van der Waals surface area contributed by atoms with Crippen molar-refractivity contribution >= 4 is 34.2 Å². The van der Waals surface area contributed by atoms with Crippen LogP contribution in [0.4, 0.5) is 0 Å². The topological polar surface area (TPSA) is 50.9 Å². The molecule has 0 atom stereocenters. The van der Waals surface area contributed by atoms with E-state index >= 15 is 0 Å². The summed E-state index contributed by atoms with van der Waals surface area (Å²) in [5.41, 5.74) is 3.32. The first-order valence-electron chi connectivity index (χ1n) is 5.96. The third kappa shape index (κ3) is 2.01. The molecule has 102 valence electrons. The van der Waals surface area contributed by atoms with Crippen LogP contribution < -0.4 is 0 Å². The van der Waals surface area contributed by atoms with Gasteiger partial charge in [-0.25, -0.2) is 4.98 Å². The lowest BCUT2D eigenvalue weighted by atomic mass is 10.1. The normalized spacial score (nSPS) is 11.2. The van der Waals surface area contributed by atoms with Gasteiger partial charge in [-0.15, -0.1) is 0 Å². The van der Waals surface area contributed by atoms with Crippen molar-refractivity contribution in [1.82, 2.24) is 14.8 Å². The maximum absolute atomic E-state index is 9.98. The second kappa shape index (κ2) is 4.65. The predicted molar refractivity (Wildman–Crippen MR) is 80.4 cm³/mol. The average molecular weight is 308 g/mol. The Morgan fingerprint density at radius 1 is 1.15 bits per heavy atom. The largest absolute Gasteiger partial charge is 0.505 e. The molecule has 0 amide bonds. The van der Waals surface area contributed by atoms with Gasteiger partial charge in [0.25, 0.3) is 0 Å². The van der Waals surface area contributed by atoms with Crippen molar-refractivity contribution in [3.63, 3.8) is 0 Å². The van der Waals surface area contributed by atoms with E-state index in [1.54, 1.807) is 29.9 Å². The molecule has 3 aromatic rings. The van der Waals surface area contributed by atoms with Crippen molar-refractivity contribution in [2.75, 3.05) is 0 Å². The maximum Gasteiger partial charge on any atom is 0.153 e. The lowest BCUT2D eigenvalue weighted by Crippen LogP contribution is -1.94. The molecule has 0 fully saturated rings. The van der Waals surface area contributed by atoms with E-state index in [2.05, 4.69) is 10.1 Å². The standard InChI is InChI=1S/C14H11Cl2N3O/c1-7-5-11(20)12-13(17-7)14(19(2)18-12)9-4-3-8(15)6-10(9)16/h3-6,20H,1-2H3. The minimum atomic E-state index is 0.111. The van der Waals surface area contributed by atoms with E-state index in [0.717, 1.165) is 11.3 Å². The van der Waals surface area contributed by atoms with E-state index in [-0.39, 0.29) is 5.75 Å². The Morgan fingerprint density at radius 3 is 2.60 bits per heavy atom. The van der Waals surface area contributed by atoms with Crippen molar-refractivity contribution < 1.29 is 5.11 Å². The number of hydrogen-bond acceptors (Lipinski definition) is 3. The van der Waals surface area contributed by atoms with Crippen LogP contribution in [0.1, 0.15) is 5.69 Å². The molecule has 2 aromatic heterocycles. The zero-order valence-electron chi connectivity index (χ0n) is 10.9. The minimum absolute atomic E-state index is 0.111. The Hall–Kier alpha value is -1.78. The van der Waals surface area contributed by atoms with Crippen LogP contribution in [0, 0.1) is 6.92 Å². The molecule has 0 unspecified atom stereocenters. The fourth-order valence-corrected chi connectivity index (χ4v) is 2.75. The Bertz CT molecular complexity index is 827. The van der Waals surface area contributed by atoms with Crippen LogP contribution in [0.25, 0.3) is 22.3 Å². The first-order valence-corrected chi connectivity index (χ1v) is 6.71. The number of rotatable bonds is 1. The van der Waals surface area contributed by atoms with Crippen LogP contribution >= 0.6 is 23.2 Å². The summed E-state index contributed by atoms with van der Waals surface area (Å²) in [4.78, 5) is 4.46. The molecule has 1 N–H and O–H groups in total. The summed E-state index contributed by atoms with van der Waals surface area (Å²) in [5, 5.41) is 15.4. The average Bonchev–Trinajstić information content (AvgIpc) is 2.67. The molecule has 6 heteroatoms. The third-order valence-electron chi connectivity index (χ3n) is 3.08. The van der Waals surface area contributed by atoms with Crippen LogP contribution in [0.15, 0.2) is 24.3 Å². The molecule has 1 aromatic carbocycles. The number of hydrogen-bond donors (Lipinski definition) is 1. The smallest absolute Gasteiger partial charge is 0.153 e. The number of halogens is 2. The van der Waals surface area contributed by atoms with Gasteiger partial charge in [-0.2, -0.15) is 5.10 Å². The summed E-state index contributed by atoms with van der Waals surface area (Å²) in [5.74, 6) is 0.111. The second-order valence-corrected chi connectivity index (χ2v) is 5.42. The fraction of sp³-hybridized carbons (Fsp3) is 0.143. The monoisotopic (exact) mass is 307 g/mol. The van der Waals surface area contributed by atoms with Gasteiger partial charge < -0.3 is 5.11 Å². The first kappa shape index (κ1) is 13.2. The summed E-state index contributed by atoms with van der Waals surface area (Å²) in [6.45, 7) is 1.82. The molecular weight excluding hydrogens is 297 g/mol. The fourth-order valence-electron chi connectivity index (χ4n) is 2.25. The summed E-state index contributed by atoms with van der Waals surface area (Å²) in [6.07, 6.45) is 0. The van der Waals surface area contributed by atoms with E-state index < -0.39 is 0 Å². The molecule has 0 aliphatic heterocycles. The zero-order chi connectivity index (χ0) is 14.4. The molecule has 0 saturated heterocycles. The molecular formula is C14H11Cl2N3O. The van der Waals surface area contributed by atoms with Gasteiger partial charge in [0, 0.05) is 29.4 Å². The molecule has 3 rings (SSSR count). The highest BCUT2D eigenvalue weighted by Gasteiger charge is 2.18. The van der Waals surface area contributed by atoms with Crippen molar-refractivity contribution in [3.05, 3.63) is 40.0 Å². The van der Waals surface area contributed by atoms with Gasteiger partial charge in [-0.3, -0.25) is 4.68 Å². The predicted octanol–water partition coefficient (Wildman–Crippen LogP) is 3.96. The molecule has 20 heavy (non-hydrogen) atoms. The van der Waals surface area contributed by atoms with Crippen LogP contribution in [0.3, 0.4) is 0 Å². The molecule has 0 bridgehead atoms. The van der Waals surface area contributed by atoms with E-state index in [1.165, 1.54) is 0 Å². The SMILES string of the molecule is Cc1cc(O)c2nn(C)c(-c3ccc(Cl)cc3Cl)c2n1. The van der Waals surface area contributed by atoms with Gasteiger partial charge in [0.05, 0.1) is 10.7 Å². The van der Waals surface area contributed by atoms with Crippen molar-refractivity contribution in [2.45, 2.75) is 6.92 Å². The molecule has 0 aliphatic carbocycles. The number of fused-ring (bicyclic) bond motifs is 1. The van der Waals surface area contributed by atoms with Crippen molar-refractivity contribution in [3.8, 4) is 17.0 Å². The lowest BCUT2D eigenvalue weighted by Gasteiger charge is -2.06. The Labute approximate surface area is 125 Å². The molecule has 0 aliphatic rings. The van der Waals surface area contributed by atoms with E-state index in [0.29, 0.717) is 26.8 Å². The van der Waals surface area contributed by atoms with Crippen molar-refractivity contribution in [1.29, 1.82) is 0 Å². The maximum atomic E-state index is 9.98. The number of aromatic nitrogens is 3.